The first-order chi connectivity index (χ1) is 8.54. The van der Waals surface area contributed by atoms with E-state index in [1.54, 1.807) is 11.0 Å². The van der Waals surface area contributed by atoms with Crippen molar-refractivity contribution < 1.29 is 9.59 Å². The Morgan fingerprint density at radius 2 is 2.17 bits per heavy atom. The molecule has 1 N–H and O–H groups in total. The molecular formula is C14H22N2O2. The molecule has 100 valence electrons. The quantitative estimate of drug-likeness (QED) is 0.607. The van der Waals surface area contributed by atoms with Crippen LogP contribution in [0.5, 0.6) is 0 Å². The van der Waals surface area contributed by atoms with Gasteiger partial charge in [-0.05, 0) is 26.7 Å². The molecule has 0 bridgehead atoms. The van der Waals surface area contributed by atoms with E-state index in [1.807, 2.05) is 13.8 Å². The molecule has 1 spiro atoms. The van der Waals surface area contributed by atoms with Gasteiger partial charge in [-0.2, -0.15) is 0 Å². The Bertz CT molecular complexity index is 370. The SMILES string of the molecule is C=CCNC(=O)C1N(C(C)C)C(=O)C12CCCC2. The summed E-state index contributed by atoms with van der Waals surface area (Å²) < 4.78 is 0. The number of likely N-dealkylation sites (tertiary alicyclic amines) is 1. The maximum absolute atomic E-state index is 12.3. The summed E-state index contributed by atoms with van der Waals surface area (Å²) in [6.45, 7) is 7.99. The Morgan fingerprint density at radius 1 is 1.56 bits per heavy atom. The van der Waals surface area contributed by atoms with Crippen LogP contribution in [0.2, 0.25) is 0 Å². The zero-order chi connectivity index (χ0) is 13.3. The van der Waals surface area contributed by atoms with Crippen molar-refractivity contribution in [2.45, 2.75) is 51.6 Å². The largest absolute Gasteiger partial charge is 0.351 e. The van der Waals surface area contributed by atoms with Gasteiger partial charge in [-0.25, -0.2) is 0 Å². The van der Waals surface area contributed by atoms with Crippen molar-refractivity contribution in [3.05, 3.63) is 12.7 Å². The second kappa shape index (κ2) is 4.75. The number of amides is 2. The fourth-order valence-electron chi connectivity index (χ4n) is 3.36. The van der Waals surface area contributed by atoms with Crippen LogP contribution in [0.25, 0.3) is 0 Å². The van der Waals surface area contributed by atoms with Crippen molar-refractivity contribution in [1.29, 1.82) is 0 Å². The number of nitrogens with zero attached hydrogens (tertiary/aromatic N) is 1. The van der Waals surface area contributed by atoms with Crippen molar-refractivity contribution in [3.8, 4) is 0 Å². The lowest BCUT2D eigenvalue weighted by atomic mass is 9.68. The van der Waals surface area contributed by atoms with Gasteiger partial charge in [-0.15, -0.1) is 6.58 Å². The van der Waals surface area contributed by atoms with Crippen molar-refractivity contribution in [2.75, 3.05) is 6.54 Å². The molecule has 1 unspecified atom stereocenters. The minimum absolute atomic E-state index is 0.0231. The Hall–Kier alpha value is -1.32. The van der Waals surface area contributed by atoms with Crippen LogP contribution in [0.15, 0.2) is 12.7 Å². The van der Waals surface area contributed by atoms with Crippen LogP contribution >= 0.6 is 0 Å². The van der Waals surface area contributed by atoms with Crippen LogP contribution in [-0.4, -0.2) is 35.3 Å². The van der Waals surface area contributed by atoms with E-state index in [1.165, 1.54) is 0 Å². The molecule has 1 saturated carbocycles. The van der Waals surface area contributed by atoms with Crippen LogP contribution in [0, 0.1) is 5.41 Å². The van der Waals surface area contributed by atoms with Gasteiger partial charge in [0.2, 0.25) is 11.8 Å². The van der Waals surface area contributed by atoms with Gasteiger partial charge in [0, 0.05) is 12.6 Å². The van der Waals surface area contributed by atoms with E-state index in [-0.39, 0.29) is 23.9 Å². The van der Waals surface area contributed by atoms with E-state index >= 15 is 0 Å². The zero-order valence-electron chi connectivity index (χ0n) is 11.2. The standard InChI is InChI=1S/C14H22N2O2/c1-4-9-15-12(17)11-14(7-5-6-8-14)13(18)16(11)10(2)3/h4,10-11H,1,5-9H2,2-3H3,(H,15,17). The van der Waals surface area contributed by atoms with E-state index in [2.05, 4.69) is 11.9 Å². The molecule has 1 heterocycles. The molecule has 2 aliphatic rings. The molecule has 2 amide bonds. The molecule has 1 aliphatic carbocycles. The molecule has 0 aromatic carbocycles. The first kappa shape index (κ1) is 13.1. The van der Waals surface area contributed by atoms with Gasteiger partial charge in [-0.1, -0.05) is 18.9 Å². The highest BCUT2D eigenvalue weighted by atomic mass is 16.2. The number of carbonyl (C=O) groups excluding carboxylic acids is 2. The molecule has 0 aromatic rings. The molecule has 1 aliphatic heterocycles. The normalized spacial score (nSPS) is 25.4. The first-order valence-corrected chi connectivity index (χ1v) is 6.76. The maximum atomic E-state index is 12.3. The van der Waals surface area contributed by atoms with Crippen LogP contribution in [-0.2, 0) is 9.59 Å². The molecule has 18 heavy (non-hydrogen) atoms. The van der Waals surface area contributed by atoms with E-state index in [4.69, 9.17) is 0 Å². The summed E-state index contributed by atoms with van der Waals surface area (Å²) in [6.07, 6.45) is 5.51. The van der Waals surface area contributed by atoms with Gasteiger partial charge >= 0.3 is 0 Å². The number of hydrogen-bond donors (Lipinski definition) is 1. The monoisotopic (exact) mass is 250 g/mol. The Balaban J connectivity index is 2.18. The van der Waals surface area contributed by atoms with Gasteiger partial charge in [0.05, 0.1) is 5.41 Å². The predicted molar refractivity (Wildman–Crippen MR) is 69.9 cm³/mol. The molecular weight excluding hydrogens is 228 g/mol. The van der Waals surface area contributed by atoms with Gasteiger partial charge in [-0.3, -0.25) is 9.59 Å². The van der Waals surface area contributed by atoms with Gasteiger partial charge < -0.3 is 10.2 Å². The summed E-state index contributed by atoms with van der Waals surface area (Å²) in [4.78, 5) is 26.3. The van der Waals surface area contributed by atoms with E-state index in [0.29, 0.717) is 6.54 Å². The highest BCUT2D eigenvalue weighted by Gasteiger charge is 2.64. The topological polar surface area (TPSA) is 49.4 Å². The van der Waals surface area contributed by atoms with Gasteiger partial charge in [0.25, 0.3) is 0 Å². The van der Waals surface area contributed by atoms with E-state index < -0.39 is 5.41 Å². The fourth-order valence-corrected chi connectivity index (χ4v) is 3.36. The molecule has 2 fully saturated rings. The molecule has 1 saturated heterocycles. The average molecular weight is 250 g/mol. The Labute approximate surface area is 108 Å². The molecule has 4 nitrogen and oxygen atoms in total. The molecule has 2 rings (SSSR count). The minimum atomic E-state index is -0.393. The zero-order valence-corrected chi connectivity index (χ0v) is 11.2. The summed E-state index contributed by atoms with van der Waals surface area (Å²) in [5.74, 6) is 0.152. The summed E-state index contributed by atoms with van der Waals surface area (Å²) in [7, 11) is 0. The predicted octanol–water partition coefficient (Wildman–Crippen LogP) is 1.47. The van der Waals surface area contributed by atoms with Crippen molar-refractivity contribution in [2.24, 2.45) is 5.41 Å². The maximum Gasteiger partial charge on any atom is 0.244 e. The Kier molecular flexibility index (Phi) is 3.46. The van der Waals surface area contributed by atoms with Gasteiger partial charge in [0.15, 0.2) is 0 Å². The lowest BCUT2D eigenvalue weighted by Gasteiger charge is -2.55. The second-order valence-corrected chi connectivity index (χ2v) is 5.61. The number of nitrogens with one attached hydrogen (secondary N) is 1. The Morgan fingerprint density at radius 3 is 2.67 bits per heavy atom. The number of rotatable bonds is 4. The van der Waals surface area contributed by atoms with Crippen LogP contribution in [0.3, 0.4) is 0 Å². The summed E-state index contributed by atoms with van der Waals surface area (Å²) in [5.41, 5.74) is -0.393. The van der Waals surface area contributed by atoms with Crippen LogP contribution in [0.4, 0.5) is 0 Å². The molecule has 0 radical (unpaired) electrons. The second-order valence-electron chi connectivity index (χ2n) is 5.61. The number of carbonyl (C=O) groups is 2. The molecule has 4 heteroatoms. The number of hydrogen-bond acceptors (Lipinski definition) is 2. The molecule has 1 atom stereocenters. The minimum Gasteiger partial charge on any atom is -0.351 e. The lowest BCUT2D eigenvalue weighted by molar-refractivity contribution is -0.181. The highest BCUT2D eigenvalue weighted by Crippen LogP contribution is 2.52. The van der Waals surface area contributed by atoms with Crippen LogP contribution in [0.1, 0.15) is 39.5 Å². The van der Waals surface area contributed by atoms with Gasteiger partial charge in [0.1, 0.15) is 6.04 Å². The fraction of sp³-hybridized carbons (Fsp3) is 0.714. The summed E-state index contributed by atoms with van der Waals surface area (Å²) >= 11 is 0. The lowest BCUT2D eigenvalue weighted by Crippen LogP contribution is -2.74. The highest BCUT2D eigenvalue weighted by molar-refractivity contribution is 6.02. The van der Waals surface area contributed by atoms with Crippen molar-refractivity contribution >= 4 is 11.8 Å². The summed E-state index contributed by atoms with van der Waals surface area (Å²) in [5, 5.41) is 2.84. The average Bonchev–Trinajstić information content (AvgIpc) is 2.83. The number of β-lactam (4-membered cyclic amide) rings is 1. The van der Waals surface area contributed by atoms with Crippen molar-refractivity contribution in [1.82, 2.24) is 10.2 Å². The van der Waals surface area contributed by atoms with Crippen LogP contribution < -0.4 is 5.32 Å². The van der Waals surface area contributed by atoms with Crippen molar-refractivity contribution in [3.63, 3.8) is 0 Å². The van der Waals surface area contributed by atoms with E-state index in [9.17, 15) is 9.59 Å². The molecule has 0 aromatic heterocycles. The third-order valence-corrected chi connectivity index (χ3v) is 4.18. The smallest absolute Gasteiger partial charge is 0.244 e. The van der Waals surface area contributed by atoms with E-state index in [0.717, 1.165) is 25.7 Å². The first-order valence-electron chi connectivity index (χ1n) is 6.76. The third-order valence-electron chi connectivity index (χ3n) is 4.18. The third kappa shape index (κ3) is 1.74. The summed E-state index contributed by atoms with van der Waals surface area (Å²) in [6, 6.07) is -0.185.